The van der Waals surface area contributed by atoms with Gasteiger partial charge in [0.25, 0.3) is 0 Å². The van der Waals surface area contributed by atoms with E-state index in [1.165, 1.54) is 29.1 Å². The second-order valence-electron chi connectivity index (χ2n) is 8.79. The lowest BCUT2D eigenvalue weighted by Crippen LogP contribution is -2.20. The molecule has 5 aromatic rings. The number of amides is 2. The van der Waals surface area contributed by atoms with Crippen LogP contribution in [-0.4, -0.2) is 30.3 Å². The zero-order chi connectivity index (χ0) is 28.4. The van der Waals surface area contributed by atoms with E-state index in [0.717, 1.165) is 23.8 Å². The molecule has 0 unspecified atom stereocenters. The van der Waals surface area contributed by atoms with Gasteiger partial charge in [-0.05, 0) is 43.3 Å². The summed E-state index contributed by atoms with van der Waals surface area (Å²) in [6.45, 7) is 1.69. The van der Waals surface area contributed by atoms with Crippen LogP contribution in [0.1, 0.15) is 11.3 Å². The first kappa shape index (κ1) is 26.4. The number of hydrogen-bond donors (Lipinski definition) is 2. The van der Waals surface area contributed by atoms with Gasteiger partial charge in [-0.25, -0.2) is 14.2 Å². The third kappa shape index (κ3) is 6.09. The minimum absolute atomic E-state index is 0.140. The minimum Gasteiger partial charge on any atom is -0.457 e. The molecule has 0 bridgehead atoms. The number of hydrogen-bond acceptors (Lipinski definition) is 5. The van der Waals surface area contributed by atoms with Crippen LogP contribution in [0, 0.1) is 12.7 Å². The lowest BCUT2D eigenvalue weighted by molar-refractivity contribution is -0.137. The summed E-state index contributed by atoms with van der Waals surface area (Å²) in [4.78, 5) is 20.9. The number of alkyl halides is 3. The van der Waals surface area contributed by atoms with Gasteiger partial charge >= 0.3 is 12.2 Å². The molecule has 3 heterocycles. The average molecular weight is 552 g/mol. The Labute approximate surface area is 225 Å². The van der Waals surface area contributed by atoms with Crippen molar-refractivity contribution in [1.82, 2.24) is 24.3 Å². The highest BCUT2D eigenvalue weighted by Crippen LogP contribution is 2.33. The van der Waals surface area contributed by atoms with Crippen LogP contribution >= 0.6 is 0 Å². The monoisotopic (exact) mass is 551 g/mol. The highest BCUT2D eigenvalue weighted by molar-refractivity contribution is 6.00. The van der Waals surface area contributed by atoms with Crippen molar-refractivity contribution in [3.8, 4) is 28.4 Å². The van der Waals surface area contributed by atoms with Crippen molar-refractivity contribution in [2.24, 2.45) is 7.05 Å². The molecule has 2 N–H and O–H groups in total. The van der Waals surface area contributed by atoms with Crippen LogP contribution in [0.5, 0.6) is 11.5 Å². The van der Waals surface area contributed by atoms with Crippen molar-refractivity contribution >= 4 is 17.4 Å². The predicted octanol–water partition coefficient (Wildman–Crippen LogP) is 6.57. The highest BCUT2D eigenvalue weighted by Gasteiger charge is 2.31. The van der Waals surface area contributed by atoms with Crippen LogP contribution in [0.2, 0.25) is 0 Å². The number of pyridine rings is 1. The maximum absolute atomic E-state index is 14.8. The summed E-state index contributed by atoms with van der Waals surface area (Å²) in [5.74, 6) is -0.252. The van der Waals surface area contributed by atoms with E-state index in [4.69, 9.17) is 4.74 Å². The topological polar surface area (TPSA) is 98.9 Å². The number of rotatable bonds is 6. The first-order valence-electron chi connectivity index (χ1n) is 11.8. The van der Waals surface area contributed by atoms with Gasteiger partial charge in [-0.3, -0.25) is 9.67 Å². The normalized spacial score (nSPS) is 11.3. The number of nitrogens with zero attached hydrogens (tertiary/aromatic N) is 5. The summed E-state index contributed by atoms with van der Waals surface area (Å²) in [6, 6.07) is 9.19. The Bertz CT molecular complexity index is 1690. The molecule has 40 heavy (non-hydrogen) atoms. The number of ether oxygens (including phenoxy) is 1. The lowest BCUT2D eigenvalue weighted by Gasteiger charge is -2.14. The van der Waals surface area contributed by atoms with Crippen LogP contribution in [-0.2, 0) is 13.2 Å². The number of aryl methyl sites for hydroxylation is 2. The molecule has 2 amide bonds. The van der Waals surface area contributed by atoms with E-state index in [1.54, 1.807) is 55.6 Å². The second kappa shape index (κ2) is 10.5. The number of nitrogens with one attached hydrogen (secondary N) is 2. The van der Waals surface area contributed by atoms with Gasteiger partial charge in [0.2, 0.25) is 0 Å². The van der Waals surface area contributed by atoms with Crippen LogP contribution in [0.3, 0.4) is 0 Å². The Morgan fingerprint density at radius 3 is 2.45 bits per heavy atom. The molecule has 0 spiro atoms. The Hall–Kier alpha value is -5.20. The number of benzene rings is 2. The van der Waals surface area contributed by atoms with Gasteiger partial charge in [-0.15, -0.1) is 0 Å². The molecule has 5 rings (SSSR count). The smallest absolute Gasteiger partial charge is 0.416 e. The van der Waals surface area contributed by atoms with E-state index in [2.05, 4.69) is 25.7 Å². The van der Waals surface area contributed by atoms with Gasteiger partial charge < -0.3 is 19.9 Å². The van der Waals surface area contributed by atoms with Crippen LogP contribution < -0.4 is 15.4 Å². The Morgan fingerprint density at radius 1 is 0.975 bits per heavy atom. The maximum atomic E-state index is 14.8. The van der Waals surface area contributed by atoms with Gasteiger partial charge in [0, 0.05) is 54.7 Å². The molecule has 2 aromatic carbocycles. The molecule has 0 saturated carbocycles. The molecule has 0 fully saturated rings. The van der Waals surface area contributed by atoms with Crippen LogP contribution in [0.4, 0.5) is 33.7 Å². The minimum atomic E-state index is -4.66. The highest BCUT2D eigenvalue weighted by atomic mass is 19.4. The van der Waals surface area contributed by atoms with E-state index < -0.39 is 23.6 Å². The SMILES string of the molecule is Cc1cn(-c2cc(NC(=O)Nc3ccc(Oc4ccnc(-c5cnn(C)c5)c4)cc3F)cc(C(F)(F)F)c2)cn1. The van der Waals surface area contributed by atoms with Crippen LogP contribution in [0.15, 0.2) is 79.6 Å². The number of imidazole rings is 1. The number of carbonyl (C=O) groups is 1. The van der Waals surface area contributed by atoms with Crippen molar-refractivity contribution in [2.45, 2.75) is 13.1 Å². The van der Waals surface area contributed by atoms with E-state index in [9.17, 15) is 22.4 Å². The first-order valence-corrected chi connectivity index (χ1v) is 11.8. The summed E-state index contributed by atoms with van der Waals surface area (Å²) < 4.78 is 64.0. The van der Waals surface area contributed by atoms with E-state index >= 15 is 0 Å². The van der Waals surface area contributed by atoms with Crippen LogP contribution in [0.25, 0.3) is 16.9 Å². The number of urea groups is 1. The van der Waals surface area contributed by atoms with Gasteiger partial charge in [0.15, 0.2) is 0 Å². The molecule has 0 aliphatic rings. The molecule has 0 radical (unpaired) electrons. The fraction of sp³-hybridized carbons (Fsp3) is 0.111. The molecule has 0 aliphatic heterocycles. The third-order valence-corrected chi connectivity index (χ3v) is 5.67. The molecule has 0 atom stereocenters. The molecule has 9 nitrogen and oxygen atoms in total. The Morgan fingerprint density at radius 2 is 1.77 bits per heavy atom. The molecular formula is C27H21F4N7O2. The Balaban J connectivity index is 1.29. The lowest BCUT2D eigenvalue weighted by atomic mass is 10.1. The zero-order valence-corrected chi connectivity index (χ0v) is 21.1. The van der Waals surface area contributed by atoms with Gasteiger partial charge in [0.05, 0.1) is 35.2 Å². The van der Waals surface area contributed by atoms with Gasteiger partial charge in [-0.2, -0.15) is 18.3 Å². The standard InChI is InChI=1S/C27H21F4N7O2/c1-16-13-38(15-33-16)20-8-18(27(29,30)31)7-19(9-20)35-26(39)36-24-4-3-21(10-23(24)28)40-22-5-6-32-25(11-22)17-12-34-37(2)14-17/h3-15H,1-2H3,(H2,35,36,39). The van der Waals surface area contributed by atoms with Crippen molar-refractivity contribution in [2.75, 3.05) is 10.6 Å². The summed E-state index contributed by atoms with van der Waals surface area (Å²) >= 11 is 0. The number of anilines is 2. The van der Waals surface area contributed by atoms with Gasteiger partial charge in [-0.1, -0.05) is 0 Å². The number of halogens is 4. The maximum Gasteiger partial charge on any atom is 0.416 e. The first-order chi connectivity index (χ1) is 19.0. The van der Waals surface area contributed by atoms with Crippen molar-refractivity contribution in [3.05, 3.63) is 96.7 Å². The number of carbonyl (C=O) groups excluding carboxylic acids is 1. The quantitative estimate of drug-likeness (QED) is 0.233. The molecule has 0 aliphatic carbocycles. The summed E-state index contributed by atoms with van der Waals surface area (Å²) in [5.41, 5.74) is 0.817. The second-order valence-corrected chi connectivity index (χ2v) is 8.79. The van der Waals surface area contributed by atoms with Crippen molar-refractivity contribution < 1.29 is 27.1 Å². The molecule has 13 heteroatoms. The summed E-state index contributed by atoms with van der Waals surface area (Å²) in [7, 11) is 1.78. The molecule has 3 aromatic heterocycles. The summed E-state index contributed by atoms with van der Waals surface area (Å²) in [6.07, 6.45) is 3.23. The average Bonchev–Trinajstić information content (AvgIpc) is 3.53. The molecule has 204 valence electrons. The largest absolute Gasteiger partial charge is 0.457 e. The third-order valence-electron chi connectivity index (χ3n) is 5.67. The van der Waals surface area contributed by atoms with E-state index in [1.807, 2.05) is 0 Å². The fourth-order valence-corrected chi connectivity index (χ4v) is 3.83. The molecule has 0 saturated heterocycles. The van der Waals surface area contributed by atoms with Gasteiger partial charge in [0.1, 0.15) is 17.3 Å². The predicted molar refractivity (Wildman–Crippen MR) is 139 cm³/mol. The Kier molecular flexibility index (Phi) is 6.94. The zero-order valence-electron chi connectivity index (χ0n) is 21.1. The number of aromatic nitrogens is 5. The molecular weight excluding hydrogens is 530 g/mol. The van der Waals surface area contributed by atoms with E-state index in [0.29, 0.717) is 17.1 Å². The summed E-state index contributed by atoms with van der Waals surface area (Å²) in [5, 5.41) is 8.74. The van der Waals surface area contributed by atoms with Crippen molar-refractivity contribution in [1.29, 1.82) is 0 Å². The fourth-order valence-electron chi connectivity index (χ4n) is 3.83. The van der Waals surface area contributed by atoms with Crippen molar-refractivity contribution in [3.63, 3.8) is 0 Å². The van der Waals surface area contributed by atoms with E-state index in [-0.39, 0.29) is 22.8 Å².